The van der Waals surface area contributed by atoms with Crippen LogP contribution in [0.2, 0.25) is 0 Å². The van der Waals surface area contributed by atoms with Crippen LogP contribution >= 0.6 is 0 Å². The van der Waals surface area contributed by atoms with Crippen molar-refractivity contribution in [3.05, 3.63) is 29.6 Å². The van der Waals surface area contributed by atoms with Crippen LogP contribution in [0.5, 0.6) is 0 Å². The molecule has 0 amide bonds. The van der Waals surface area contributed by atoms with Crippen molar-refractivity contribution in [1.29, 1.82) is 5.26 Å². The number of hydrogen-bond acceptors (Lipinski definition) is 4. The fourth-order valence-corrected chi connectivity index (χ4v) is 5.47. The van der Waals surface area contributed by atoms with Gasteiger partial charge in [-0.25, -0.2) is 12.8 Å². The number of nitrogens with zero attached hydrogens (tertiary/aromatic N) is 2. The highest BCUT2D eigenvalue weighted by atomic mass is 32.2. The second-order valence-electron chi connectivity index (χ2n) is 6.56. The van der Waals surface area contributed by atoms with Crippen LogP contribution in [0, 0.1) is 22.6 Å². The highest BCUT2D eigenvalue weighted by molar-refractivity contribution is 7.89. The zero-order chi connectivity index (χ0) is 17.5. The Hall–Kier alpha value is -1.49. The molecular formula is C17H21FN2O3S. The van der Waals surface area contributed by atoms with E-state index in [4.69, 9.17) is 10.00 Å². The minimum absolute atomic E-state index is 0.0442. The van der Waals surface area contributed by atoms with Crippen molar-refractivity contribution >= 4 is 10.0 Å². The normalized spacial score (nSPS) is 25.1. The molecule has 24 heavy (non-hydrogen) atoms. The van der Waals surface area contributed by atoms with Gasteiger partial charge in [0.15, 0.2) is 0 Å². The third-order valence-corrected chi connectivity index (χ3v) is 7.43. The van der Waals surface area contributed by atoms with Crippen molar-refractivity contribution < 1.29 is 17.5 Å². The van der Waals surface area contributed by atoms with E-state index in [0.717, 1.165) is 31.4 Å². The Labute approximate surface area is 142 Å². The van der Waals surface area contributed by atoms with Gasteiger partial charge < -0.3 is 4.74 Å². The predicted molar refractivity (Wildman–Crippen MR) is 86.2 cm³/mol. The Bertz CT molecular complexity index is 784. The zero-order valence-corrected chi connectivity index (χ0v) is 14.6. The first-order valence-electron chi connectivity index (χ1n) is 8.16. The van der Waals surface area contributed by atoms with Gasteiger partial charge in [0.05, 0.1) is 16.6 Å². The van der Waals surface area contributed by atoms with Crippen molar-refractivity contribution in [3.63, 3.8) is 0 Å². The van der Waals surface area contributed by atoms with Crippen LogP contribution in [0.25, 0.3) is 0 Å². The van der Waals surface area contributed by atoms with Crippen molar-refractivity contribution in [2.75, 3.05) is 13.7 Å². The number of sulfonamides is 1. The summed E-state index contributed by atoms with van der Waals surface area (Å²) >= 11 is 0. The SMILES string of the molecule is CCOC1CC(N(C)S(=O)(=O)c2ccc(F)c(C#N)c2)C12CCC2. The maximum Gasteiger partial charge on any atom is 0.243 e. The standard InChI is InChI=1S/C17H21FN2O3S/c1-3-23-16-10-15(17(16)7-4-8-17)20(2)24(21,22)13-5-6-14(18)12(9-13)11-19/h5-6,9,15-16H,3-4,7-8,10H2,1-2H3. The molecule has 0 aliphatic heterocycles. The molecule has 0 aromatic heterocycles. The number of nitriles is 1. The summed E-state index contributed by atoms with van der Waals surface area (Å²) in [5, 5.41) is 8.92. The summed E-state index contributed by atoms with van der Waals surface area (Å²) in [7, 11) is -2.21. The third-order valence-electron chi connectivity index (χ3n) is 5.57. The first-order valence-corrected chi connectivity index (χ1v) is 9.60. The number of halogens is 1. The minimum Gasteiger partial charge on any atom is -0.378 e. The van der Waals surface area contributed by atoms with Gasteiger partial charge in [-0.2, -0.15) is 9.57 Å². The number of rotatable bonds is 5. The summed E-state index contributed by atoms with van der Waals surface area (Å²) < 4.78 is 46.4. The first kappa shape index (κ1) is 17.3. The number of benzene rings is 1. The van der Waals surface area contributed by atoms with Gasteiger partial charge in [0.1, 0.15) is 11.9 Å². The van der Waals surface area contributed by atoms with Crippen LogP contribution in [-0.4, -0.2) is 38.5 Å². The molecule has 1 aromatic carbocycles. The summed E-state index contributed by atoms with van der Waals surface area (Å²) in [6.45, 7) is 2.57. The van der Waals surface area contributed by atoms with E-state index in [1.807, 2.05) is 6.92 Å². The minimum atomic E-state index is -3.77. The molecule has 2 saturated carbocycles. The lowest BCUT2D eigenvalue weighted by atomic mass is 9.51. The van der Waals surface area contributed by atoms with Crippen LogP contribution < -0.4 is 0 Å². The molecule has 0 bridgehead atoms. The molecule has 2 atom stereocenters. The van der Waals surface area contributed by atoms with Gasteiger partial charge in [-0.1, -0.05) is 6.42 Å². The van der Waals surface area contributed by atoms with Crippen LogP contribution in [0.4, 0.5) is 4.39 Å². The first-order chi connectivity index (χ1) is 11.4. The van der Waals surface area contributed by atoms with E-state index in [1.54, 1.807) is 13.1 Å². The highest BCUT2D eigenvalue weighted by Gasteiger charge is 2.61. The number of ether oxygens (including phenoxy) is 1. The molecule has 0 N–H and O–H groups in total. The average molecular weight is 352 g/mol. The lowest BCUT2D eigenvalue weighted by Crippen LogP contribution is -2.67. The summed E-state index contributed by atoms with van der Waals surface area (Å²) in [6.07, 6.45) is 3.81. The Morgan fingerprint density at radius 1 is 1.46 bits per heavy atom. The molecule has 2 aliphatic rings. The monoisotopic (exact) mass is 352 g/mol. The molecule has 0 radical (unpaired) electrons. The van der Waals surface area contributed by atoms with Gasteiger partial charge in [0.25, 0.3) is 0 Å². The largest absolute Gasteiger partial charge is 0.378 e. The summed E-state index contributed by atoms with van der Waals surface area (Å²) in [5.41, 5.74) is -0.348. The van der Waals surface area contributed by atoms with Crippen molar-refractivity contribution in [2.45, 2.75) is 49.6 Å². The van der Waals surface area contributed by atoms with E-state index in [0.29, 0.717) is 13.0 Å². The summed E-state index contributed by atoms with van der Waals surface area (Å²) in [6, 6.07) is 4.93. The molecule has 130 valence electrons. The van der Waals surface area contributed by atoms with Gasteiger partial charge in [-0.15, -0.1) is 0 Å². The molecule has 0 saturated heterocycles. The van der Waals surface area contributed by atoms with Gasteiger partial charge >= 0.3 is 0 Å². The lowest BCUT2D eigenvalue weighted by Gasteiger charge is -2.62. The van der Waals surface area contributed by atoms with Crippen LogP contribution in [0.1, 0.15) is 38.2 Å². The van der Waals surface area contributed by atoms with E-state index in [1.165, 1.54) is 10.4 Å². The fourth-order valence-electron chi connectivity index (χ4n) is 4.00. The quantitative estimate of drug-likeness (QED) is 0.817. The molecule has 2 aliphatic carbocycles. The van der Waals surface area contributed by atoms with E-state index in [9.17, 15) is 12.8 Å². The van der Waals surface area contributed by atoms with Crippen LogP contribution in [0.15, 0.2) is 23.1 Å². The summed E-state index contributed by atoms with van der Waals surface area (Å²) in [4.78, 5) is -0.0442. The Morgan fingerprint density at radius 2 is 2.17 bits per heavy atom. The van der Waals surface area contributed by atoms with Gasteiger partial charge in [-0.3, -0.25) is 0 Å². The third kappa shape index (κ3) is 2.44. The molecule has 1 aromatic rings. The molecule has 2 unspecified atom stereocenters. The van der Waals surface area contributed by atoms with Crippen LogP contribution in [-0.2, 0) is 14.8 Å². The van der Waals surface area contributed by atoms with E-state index >= 15 is 0 Å². The molecular weight excluding hydrogens is 331 g/mol. The van der Waals surface area contributed by atoms with E-state index < -0.39 is 15.8 Å². The van der Waals surface area contributed by atoms with Crippen molar-refractivity contribution in [2.24, 2.45) is 5.41 Å². The second kappa shape index (κ2) is 6.10. The Kier molecular flexibility index (Phi) is 4.41. The van der Waals surface area contributed by atoms with Crippen LogP contribution in [0.3, 0.4) is 0 Å². The van der Waals surface area contributed by atoms with Gasteiger partial charge in [-0.05, 0) is 44.4 Å². The van der Waals surface area contributed by atoms with Crippen molar-refractivity contribution in [3.8, 4) is 6.07 Å². The number of hydrogen-bond donors (Lipinski definition) is 0. The van der Waals surface area contributed by atoms with E-state index in [-0.39, 0.29) is 28.0 Å². The average Bonchev–Trinajstić information content (AvgIpc) is 2.49. The van der Waals surface area contributed by atoms with Crippen molar-refractivity contribution in [1.82, 2.24) is 4.31 Å². The molecule has 3 rings (SSSR count). The lowest BCUT2D eigenvalue weighted by molar-refractivity contribution is -0.187. The van der Waals surface area contributed by atoms with Gasteiger partial charge in [0, 0.05) is 25.1 Å². The van der Waals surface area contributed by atoms with E-state index in [2.05, 4.69) is 0 Å². The molecule has 7 heteroatoms. The topological polar surface area (TPSA) is 70.4 Å². The Balaban J connectivity index is 1.87. The molecule has 1 spiro atoms. The molecule has 0 heterocycles. The maximum absolute atomic E-state index is 13.5. The zero-order valence-electron chi connectivity index (χ0n) is 13.8. The predicted octanol–water partition coefficient (Wildman–Crippen LogP) is 2.67. The smallest absolute Gasteiger partial charge is 0.243 e. The fraction of sp³-hybridized carbons (Fsp3) is 0.588. The second-order valence-corrected chi connectivity index (χ2v) is 8.55. The molecule has 5 nitrogen and oxygen atoms in total. The highest BCUT2D eigenvalue weighted by Crippen LogP contribution is 2.59. The maximum atomic E-state index is 13.5. The molecule has 2 fully saturated rings. The Morgan fingerprint density at radius 3 is 2.71 bits per heavy atom. The van der Waals surface area contributed by atoms with Gasteiger partial charge in [0.2, 0.25) is 10.0 Å². The summed E-state index contributed by atoms with van der Waals surface area (Å²) in [5.74, 6) is -0.713.